The van der Waals surface area contributed by atoms with Gasteiger partial charge in [-0.1, -0.05) is 19.0 Å². The average molecular weight is 180 g/mol. The predicted molar refractivity (Wildman–Crippen MR) is 51.4 cm³/mol. The molecule has 0 bridgehead atoms. The Balaban J connectivity index is 2.20. The van der Waals surface area contributed by atoms with Gasteiger partial charge in [0.05, 0.1) is 0 Å². The SMILES string of the molecule is CCc1c(N)noc1C1CC(C)C1. The van der Waals surface area contributed by atoms with Crippen LogP contribution in [0.5, 0.6) is 0 Å². The second-order valence-corrected chi connectivity index (χ2v) is 4.04. The Morgan fingerprint density at radius 3 is 2.77 bits per heavy atom. The van der Waals surface area contributed by atoms with E-state index in [9.17, 15) is 0 Å². The first kappa shape index (κ1) is 8.60. The van der Waals surface area contributed by atoms with Crippen LogP contribution in [0.25, 0.3) is 0 Å². The minimum absolute atomic E-state index is 0.578. The van der Waals surface area contributed by atoms with Gasteiger partial charge in [-0.15, -0.1) is 0 Å². The van der Waals surface area contributed by atoms with Crippen molar-refractivity contribution in [2.45, 2.75) is 39.0 Å². The van der Waals surface area contributed by atoms with Crippen molar-refractivity contribution in [1.29, 1.82) is 0 Å². The summed E-state index contributed by atoms with van der Waals surface area (Å²) in [7, 11) is 0. The Bertz CT molecular complexity index is 300. The molecule has 72 valence electrons. The Morgan fingerprint density at radius 1 is 1.54 bits per heavy atom. The Morgan fingerprint density at radius 2 is 2.23 bits per heavy atom. The van der Waals surface area contributed by atoms with Crippen LogP contribution in [0.4, 0.5) is 5.82 Å². The molecule has 0 saturated heterocycles. The van der Waals surface area contributed by atoms with Gasteiger partial charge in [0.25, 0.3) is 0 Å². The number of rotatable bonds is 2. The zero-order valence-electron chi connectivity index (χ0n) is 8.21. The van der Waals surface area contributed by atoms with Gasteiger partial charge in [-0.2, -0.15) is 0 Å². The van der Waals surface area contributed by atoms with Gasteiger partial charge in [0.1, 0.15) is 5.76 Å². The van der Waals surface area contributed by atoms with E-state index in [1.54, 1.807) is 0 Å². The third kappa shape index (κ3) is 1.32. The number of nitrogen functional groups attached to an aromatic ring is 1. The van der Waals surface area contributed by atoms with E-state index in [-0.39, 0.29) is 0 Å². The lowest BCUT2D eigenvalue weighted by Crippen LogP contribution is -2.19. The molecular weight excluding hydrogens is 164 g/mol. The second kappa shape index (κ2) is 3.05. The van der Waals surface area contributed by atoms with Crippen LogP contribution >= 0.6 is 0 Å². The largest absolute Gasteiger partial charge is 0.381 e. The van der Waals surface area contributed by atoms with E-state index in [2.05, 4.69) is 19.0 Å². The van der Waals surface area contributed by atoms with Crippen molar-refractivity contribution in [3.8, 4) is 0 Å². The lowest BCUT2D eigenvalue weighted by atomic mass is 9.74. The van der Waals surface area contributed by atoms with Crippen molar-refractivity contribution in [1.82, 2.24) is 5.16 Å². The van der Waals surface area contributed by atoms with Crippen LogP contribution in [0.1, 0.15) is 43.9 Å². The first-order valence-corrected chi connectivity index (χ1v) is 4.96. The monoisotopic (exact) mass is 180 g/mol. The van der Waals surface area contributed by atoms with Crippen LogP contribution in [0, 0.1) is 5.92 Å². The molecule has 0 unspecified atom stereocenters. The molecule has 1 heterocycles. The normalized spacial score (nSPS) is 27.2. The summed E-state index contributed by atoms with van der Waals surface area (Å²) in [5, 5.41) is 3.82. The first-order valence-electron chi connectivity index (χ1n) is 4.96. The maximum atomic E-state index is 5.70. The molecule has 3 heteroatoms. The minimum Gasteiger partial charge on any atom is -0.381 e. The van der Waals surface area contributed by atoms with Crippen LogP contribution in [0.15, 0.2) is 4.52 Å². The molecule has 13 heavy (non-hydrogen) atoms. The smallest absolute Gasteiger partial charge is 0.170 e. The van der Waals surface area contributed by atoms with Gasteiger partial charge in [-0.25, -0.2) is 0 Å². The number of hydrogen-bond donors (Lipinski definition) is 1. The summed E-state index contributed by atoms with van der Waals surface area (Å²) in [5.41, 5.74) is 6.82. The standard InChI is InChI=1S/C10H16N2O/c1-3-8-9(13-12-10(8)11)7-4-6(2)5-7/h6-7H,3-5H2,1-2H3,(H2,11,12). The molecule has 0 aliphatic heterocycles. The van der Waals surface area contributed by atoms with E-state index >= 15 is 0 Å². The molecule has 0 radical (unpaired) electrons. The molecule has 0 amide bonds. The van der Waals surface area contributed by atoms with Gasteiger partial charge in [0.2, 0.25) is 0 Å². The van der Waals surface area contributed by atoms with Gasteiger partial charge < -0.3 is 10.3 Å². The molecule has 1 aliphatic carbocycles. The lowest BCUT2D eigenvalue weighted by molar-refractivity contribution is 0.232. The maximum Gasteiger partial charge on any atom is 0.170 e. The third-order valence-electron chi connectivity index (χ3n) is 2.95. The Labute approximate surface area is 78.3 Å². The molecule has 1 aromatic rings. The highest BCUT2D eigenvalue weighted by Crippen LogP contribution is 2.43. The lowest BCUT2D eigenvalue weighted by Gasteiger charge is -2.30. The van der Waals surface area contributed by atoms with Crippen LogP contribution in [-0.4, -0.2) is 5.16 Å². The molecule has 3 nitrogen and oxygen atoms in total. The van der Waals surface area contributed by atoms with Gasteiger partial charge >= 0.3 is 0 Å². The van der Waals surface area contributed by atoms with E-state index in [1.165, 1.54) is 12.8 Å². The summed E-state index contributed by atoms with van der Waals surface area (Å²) >= 11 is 0. The summed E-state index contributed by atoms with van der Waals surface area (Å²) in [5.74, 6) is 3.03. The van der Waals surface area contributed by atoms with Crippen molar-refractivity contribution >= 4 is 5.82 Å². The molecule has 1 aromatic heterocycles. The second-order valence-electron chi connectivity index (χ2n) is 4.04. The van der Waals surface area contributed by atoms with Crippen LogP contribution in [0.2, 0.25) is 0 Å². The van der Waals surface area contributed by atoms with Crippen molar-refractivity contribution in [3.05, 3.63) is 11.3 Å². The van der Waals surface area contributed by atoms with E-state index in [0.717, 1.165) is 23.7 Å². The number of anilines is 1. The van der Waals surface area contributed by atoms with Crippen molar-refractivity contribution in [2.24, 2.45) is 5.92 Å². The average Bonchev–Trinajstić information content (AvgIpc) is 2.41. The Kier molecular flexibility index (Phi) is 2.02. The van der Waals surface area contributed by atoms with Crippen LogP contribution < -0.4 is 5.73 Å². The molecule has 2 N–H and O–H groups in total. The summed E-state index contributed by atoms with van der Waals surface area (Å²) in [6.07, 6.45) is 3.37. The van der Waals surface area contributed by atoms with E-state index in [0.29, 0.717) is 11.7 Å². The van der Waals surface area contributed by atoms with Crippen molar-refractivity contribution in [3.63, 3.8) is 0 Å². The van der Waals surface area contributed by atoms with Crippen molar-refractivity contribution in [2.75, 3.05) is 5.73 Å². The number of nitrogens with two attached hydrogens (primary N) is 1. The van der Waals surface area contributed by atoms with Crippen LogP contribution in [-0.2, 0) is 6.42 Å². The summed E-state index contributed by atoms with van der Waals surface area (Å²) < 4.78 is 5.26. The third-order valence-corrected chi connectivity index (χ3v) is 2.95. The fourth-order valence-electron chi connectivity index (χ4n) is 2.13. The quantitative estimate of drug-likeness (QED) is 0.760. The molecule has 0 atom stereocenters. The van der Waals surface area contributed by atoms with Gasteiger partial charge in [-0.3, -0.25) is 0 Å². The number of aromatic nitrogens is 1. The van der Waals surface area contributed by atoms with Crippen molar-refractivity contribution < 1.29 is 4.52 Å². The van der Waals surface area contributed by atoms with Gasteiger partial charge in [-0.05, 0) is 25.2 Å². The highest BCUT2D eigenvalue weighted by molar-refractivity contribution is 5.42. The molecule has 1 aliphatic rings. The molecule has 1 saturated carbocycles. The van der Waals surface area contributed by atoms with E-state index in [4.69, 9.17) is 10.3 Å². The highest BCUT2D eigenvalue weighted by Gasteiger charge is 2.32. The maximum absolute atomic E-state index is 5.70. The summed E-state index contributed by atoms with van der Waals surface area (Å²) in [4.78, 5) is 0. The topological polar surface area (TPSA) is 52.0 Å². The predicted octanol–water partition coefficient (Wildman–Crippen LogP) is 2.33. The Hall–Kier alpha value is -0.990. The molecule has 0 aromatic carbocycles. The van der Waals surface area contributed by atoms with Gasteiger partial charge in [0.15, 0.2) is 5.82 Å². The fraction of sp³-hybridized carbons (Fsp3) is 0.700. The summed E-state index contributed by atoms with van der Waals surface area (Å²) in [6, 6.07) is 0. The zero-order chi connectivity index (χ0) is 9.42. The molecular formula is C10H16N2O. The number of hydrogen-bond acceptors (Lipinski definition) is 3. The van der Waals surface area contributed by atoms with Gasteiger partial charge in [0, 0.05) is 11.5 Å². The fourth-order valence-corrected chi connectivity index (χ4v) is 2.13. The zero-order valence-corrected chi connectivity index (χ0v) is 8.21. The molecule has 0 spiro atoms. The van der Waals surface area contributed by atoms with Crippen LogP contribution in [0.3, 0.4) is 0 Å². The minimum atomic E-state index is 0.578. The van der Waals surface area contributed by atoms with E-state index in [1.807, 2.05) is 0 Å². The highest BCUT2D eigenvalue weighted by atomic mass is 16.5. The number of nitrogens with zero attached hydrogens (tertiary/aromatic N) is 1. The summed E-state index contributed by atoms with van der Waals surface area (Å²) in [6.45, 7) is 4.36. The van der Waals surface area contributed by atoms with E-state index < -0.39 is 0 Å². The molecule has 2 rings (SSSR count). The first-order chi connectivity index (χ1) is 6.22. The molecule has 1 fully saturated rings.